The van der Waals surface area contributed by atoms with Crippen LogP contribution in [0.25, 0.3) is 0 Å². The fraction of sp³-hybridized carbons (Fsp3) is 1.00. The molecule has 0 amide bonds. The van der Waals surface area contributed by atoms with Crippen LogP contribution in [0.15, 0.2) is 0 Å². The molecule has 9 aliphatic rings. The summed E-state index contributed by atoms with van der Waals surface area (Å²) in [6, 6.07) is 0. The van der Waals surface area contributed by atoms with Crippen LogP contribution in [0, 0.1) is 47.3 Å². The smallest absolute Gasteiger partial charge is 0.748 e. The zero-order valence-corrected chi connectivity index (χ0v) is 29.9. The summed E-state index contributed by atoms with van der Waals surface area (Å²) in [5.74, 6) is 4.05. The topological polar surface area (TPSA) is 153 Å². The van der Waals surface area contributed by atoms with Crippen molar-refractivity contribution in [1.82, 2.24) is 42.5 Å². The average molecular weight is 655 g/mol. The Bertz CT molecular complexity index is 1180. The van der Waals surface area contributed by atoms with Gasteiger partial charge in [-0.3, -0.25) is 42.5 Å². The number of nitrogens with one attached hydrogen (secondary N) is 8. The maximum Gasteiger partial charge on any atom is 1.00 e. The van der Waals surface area contributed by atoms with Gasteiger partial charge in [0.25, 0.3) is 0 Å². The van der Waals surface area contributed by atoms with E-state index in [-0.39, 0.29) is 72.5 Å². The minimum atomic E-state index is -4.30. The van der Waals surface area contributed by atoms with Crippen LogP contribution in [-0.2, 0) is 10.1 Å². The minimum Gasteiger partial charge on any atom is -0.748 e. The van der Waals surface area contributed by atoms with Gasteiger partial charge in [0.2, 0.25) is 0 Å². The van der Waals surface area contributed by atoms with Gasteiger partial charge >= 0.3 is 29.6 Å². The van der Waals surface area contributed by atoms with Crippen LogP contribution in [0.3, 0.4) is 0 Å². The molecule has 248 valence electrons. The molecule has 4 aliphatic carbocycles. The number of hydrogen-bond acceptors (Lipinski definition) is 11. The van der Waals surface area contributed by atoms with Gasteiger partial charge in [0.15, 0.2) is 0 Å². The monoisotopic (exact) mass is 654 g/mol. The summed E-state index contributed by atoms with van der Waals surface area (Å²) in [5, 5.41) is 31.9. The molecule has 11 nitrogen and oxygen atoms in total. The Hall–Kier alpha value is 0.590. The second-order valence-corrected chi connectivity index (χ2v) is 17.9. The molecule has 17 unspecified atom stereocenters. The number of rotatable bonds is 1. The van der Waals surface area contributed by atoms with Gasteiger partial charge in [-0.1, -0.05) is 38.5 Å². The van der Waals surface area contributed by atoms with E-state index in [0.717, 1.165) is 6.42 Å². The molecule has 13 heteroatoms. The molecule has 4 saturated carbocycles. The Labute approximate surface area is 291 Å². The SMILES string of the molecule is O=S(=O)([O-])C1CCC2C3NC4NC(NC5NC(NC6NC(NC(N3)C2C1)C1CCCCC61)C1CCCCC51)C1CCCCC41.[Na+]. The van der Waals surface area contributed by atoms with E-state index in [9.17, 15) is 13.0 Å². The summed E-state index contributed by atoms with van der Waals surface area (Å²) in [4.78, 5) is 0. The van der Waals surface area contributed by atoms with Crippen molar-refractivity contribution in [2.24, 2.45) is 47.3 Å². The molecule has 5 saturated heterocycles. The molecule has 0 aromatic rings. The zero-order valence-electron chi connectivity index (χ0n) is 27.1. The van der Waals surface area contributed by atoms with E-state index in [1.54, 1.807) is 0 Å². The van der Waals surface area contributed by atoms with Gasteiger partial charge in [0.1, 0.15) is 0 Å². The van der Waals surface area contributed by atoms with Crippen LogP contribution >= 0.6 is 0 Å². The van der Waals surface area contributed by atoms with Gasteiger partial charge in [-0.2, -0.15) is 0 Å². The van der Waals surface area contributed by atoms with E-state index in [2.05, 4.69) is 42.5 Å². The number of hydrogen-bond donors (Lipinski definition) is 8. The third-order valence-corrected chi connectivity index (χ3v) is 15.5. The van der Waals surface area contributed by atoms with Crippen LogP contribution in [0.4, 0.5) is 0 Å². The normalized spacial score (nSPS) is 54.3. The summed E-state index contributed by atoms with van der Waals surface area (Å²) in [6.07, 6.45) is 18.8. The molecule has 0 aromatic heterocycles. The zero-order chi connectivity index (χ0) is 29.6. The maximum absolute atomic E-state index is 12.2. The predicted octanol–water partition coefficient (Wildman–Crippen LogP) is -1.87. The Kier molecular flexibility index (Phi) is 9.50. The van der Waals surface area contributed by atoms with Crippen molar-refractivity contribution in [3.05, 3.63) is 0 Å². The summed E-state index contributed by atoms with van der Waals surface area (Å²) >= 11 is 0. The van der Waals surface area contributed by atoms with Gasteiger partial charge in [-0.25, -0.2) is 8.42 Å². The molecule has 5 aliphatic heterocycles. The first-order valence-corrected chi connectivity index (χ1v) is 19.9. The van der Waals surface area contributed by atoms with Crippen molar-refractivity contribution >= 4 is 10.1 Å². The first-order valence-electron chi connectivity index (χ1n) is 18.4. The Morgan fingerprint density at radius 3 is 0.889 bits per heavy atom. The molecule has 8 bridgehead atoms. The quantitative estimate of drug-likeness (QED) is 0.119. The van der Waals surface area contributed by atoms with Crippen LogP contribution in [0.1, 0.15) is 96.3 Å². The summed E-state index contributed by atoms with van der Waals surface area (Å²) in [5.41, 5.74) is 0. The van der Waals surface area contributed by atoms with E-state index < -0.39 is 15.4 Å². The number of fused-ring (bicyclic) bond motifs is 20. The van der Waals surface area contributed by atoms with E-state index in [4.69, 9.17) is 0 Å². The largest absolute Gasteiger partial charge is 1.00 e. The van der Waals surface area contributed by atoms with Crippen molar-refractivity contribution in [1.29, 1.82) is 0 Å². The van der Waals surface area contributed by atoms with Crippen LogP contribution in [0.5, 0.6) is 0 Å². The van der Waals surface area contributed by atoms with E-state index in [1.165, 1.54) is 77.0 Å². The average Bonchev–Trinajstić information content (AvgIpc) is 3.76. The fourth-order valence-corrected chi connectivity index (χ4v) is 13.1. The maximum atomic E-state index is 12.2. The van der Waals surface area contributed by atoms with E-state index in [1.807, 2.05) is 0 Å². The third-order valence-electron chi connectivity index (χ3n) is 14.2. The van der Waals surface area contributed by atoms with Gasteiger partial charge < -0.3 is 4.55 Å². The molecular formula is C32H55N8NaO3S. The molecule has 5 heterocycles. The van der Waals surface area contributed by atoms with Crippen LogP contribution in [-0.4, -0.2) is 67.5 Å². The second kappa shape index (κ2) is 13.0. The van der Waals surface area contributed by atoms with Gasteiger partial charge in [-0.15, -0.1) is 0 Å². The molecule has 9 rings (SSSR count). The van der Waals surface area contributed by atoms with Crippen LogP contribution < -0.4 is 72.1 Å². The van der Waals surface area contributed by atoms with Crippen LogP contribution in [0.2, 0.25) is 0 Å². The molecule has 17 atom stereocenters. The summed E-state index contributed by atoms with van der Waals surface area (Å²) < 4.78 is 36.7. The predicted molar refractivity (Wildman–Crippen MR) is 166 cm³/mol. The van der Waals surface area contributed by atoms with Crippen molar-refractivity contribution in [3.63, 3.8) is 0 Å². The molecule has 0 spiro atoms. The van der Waals surface area contributed by atoms with Gasteiger partial charge in [0.05, 0.1) is 59.4 Å². The first kappa shape index (κ1) is 32.8. The van der Waals surface area contributed by atoms with Crippen molar-refractivity contribution in [3.8, 4) is 0 Å². The fourth-order valence-electron chi connectivity index (χ4n) is 12.2. The van der Waals surface area contributed by atoms with E-state index >= 15 is 0 Å². The van der Waals surface area contributed by atoms with Crippen molar-refractivity contribution in [2.75, 3.05) is 0 Å². The van der Waals surface area contributed by atoms with Gasteiger partial charge in [0, 0.05) is 5.25 Å². The first-order chi connectivity index (χ1) is 21.4. The summed E-state index contributed by atoms with van der Waals surface area (Å²) in [6.45, 7) is 0. The standard InChI is InChI=1S/C32H56N8O3S.Na/c41-44(42,43)16-13-14-23-24(15-16)32-39-30-22-12-6-5-11-21(22)28(37-30)35-26-18-8-2-1-7-17(18)25(33-26)34-27-19-9-3-4-10-20(19)29(36-27)38-31(23)40-32;/h16-40H,1-15H2,(H,41,42,43);/q;+1/p-1. The Morgan fingerprint density at radius 1 is 0.378 bits per heavy atom. The second-order valence-electron chi connectivity index (χ2n) is 16.2. The molecule has 9 fully saturated rings. The Balaban J connectivity index is 0.00000300. The third kappa shape index (κ3) is 5.95. The summed E-state index contributed by atoms with van der Waals surface area (Å²) in [7, 11) is -4.30. The van der Waals surface area contributed by atoms with E-state index in [0.29, 0.717) is 66.6 Å². The minimum absolute atomic E-state index is 0. The Morgan fingerprint density at radius 2 is 0.622 bits per heavy atom. The van der Waals surface area contributed by atoms with Gasteiger partial charge in [-0.05, 0) is 105 Å². The molecular weight excluding hydrogens is 599 g/mol. The molecule has 0 aromatic carbocycles. The molecule has 8 N–H and O–H groups in total. The molecule has 45 heavy (non-hydrogen) atoms. The van der Waals surface area contributed by atoms with Crippen molar-refractivity contribution < 1.29 is 42.5 Å². The molecule has 0 radical (unpaired) electrons. The van der Waals surface area contributed by atoms with Crippen molar-refractivity contribution in [2.45, 2.75) is 151 Å².